The van der Waals surface area contributed by atoms with E-state index >= 15 is 0 Å². The van der Waals surface area contributed by atoms with Gasteiger partial charge in [0.15, 0.2) is 11.6 Å². The number of rotatable bonds is 3. The van der Waals surface area contributed by atoms with Crippen LogP contribution in [-0.4, -0.2) is 13.1 Å². The first-order valence-electron chi connectivity index (χ1n) is 4.77. The number of amides is 2. The predicted molar refractivity (Wildman–Crippen MR) is 54.9 cm³/mol. The number of nitrogens with one attached hydrogen (secondary N) is 2. The lowest BCUT2D eigenvalue weighted by Gasteiger charge is -2.12. The Balaban J connectivity index is 3.14. The van der Waals surface area contributed by atoms with Crippen LogP contribution in [0.4, 0.5) is 23.7 Å². The molecule has 0 unspecified atom stereocenters. The van der Waals surface area contributed by atoms with E-state index in [2.05, 4.69) is 4.84 Å². The van der Waals surface area contributed by atoms with Crippen molar-refractivity contribution >= 4 is 11.7 Å². The first kappa shape index (κ1) is 13.3. The van der Waals surface area contributed by atoms with Crippen LogP contribution in [-0.2, 0) is 11.3 Å². The zero-order valence-electron chi connectivity index (χ0n) is 9.23. The number of hydrogen-bond acceptors (Lipinski definition) is 2. The molecule has 2 amide bonds. The van der Waals surface area contributed by atoms with Gasteiger partial charge in [0, 0.05) is 11.6 Å². The van der Waals surface area contributed by atoms with Gasteiger partial charge in [-0.25, -0.2) is 23.4 Å². The minimum Gasteiger partial charge on any atom is -0.303 e. The second-order valence-electron chi connectivity index (χ2n) is 3.12. The van der Waals surface area contributed by atoms with E-state index in [4.69, 9.17) is 0 Å². The Hall–Kier alpha value is -1.76. The van der Waals surface area contributed by atoms with Crippen LogP contribution in [0.1, 0.15) is 12.5 Å². The molecule has 4 nitrogen and oxygen atoms in total. The molecule has 17 heavy (non-hydrogen) atoms. The summed E-state index contributed by atoms with van der Waals surface area (Å²) >= 11 is 0. The summed E-state index contributed by atoms with van der Waals surface area (Å²) in [5.74, 6) is -3.52. The zero-order valence-corrected chi connectivity index (χ0v) is 9.23. The number of carbonyl (C=O) groups is 1. The van der Waals surface area contributed by atoms with Gasteiger partial charge in [0.25, 0.3) is 0 Å². The second kappa shape index (κ2) is 5.53. The largest absolute Gasteiger partial charge is 0.343 e. The smallest absolute Gasteiger partial charge is 0.303 e. The molecule has 0 radical (unpaired) electrons. The molecule has 1 rings (SSSR count). The van der Waals surface area contributed by atoms with E-state index in [9.17, 15) is 18.0 Å². The maximum Gasteiger partial charge on any atom is 0.343 e. The van der Waals surface area contributed by atoms with Gasteiger partial charge in [0.1, 0.15) is 5.82 Å². The van der Waals surface area contributed by atoms with E-state index < -0.39 is 29.2 Å². The van der Waals surface area contributed by atoms with Crippen LogP contribution >= 0.6 is 0 Å². The number of hydroxylamine groups is 1. The average molecular weight is 248 g/mol. The Morgan fingerprint density at radius 3 is 2.53 bits per heavy atom. The van der Waals surface area contributed by atoms with Gasteiger partial charge < -0.3 is 5.32 Å². The van der Waals surface area contributed by atoms with Crippen LogP contribution in [0.5, 0.6) is 0 Å². The fourth-order valence-electron chi connectivity index (χ4n) is 1.34. The van der Waals surface area contributed by atoms with Gasteiger partial charge in [-0.15, -0.1) is 0 Å². The third-order valence-corrected chi connectivity index (χ3v) is 2.06. The molecule has 2 N–H and O–H groups in total. The summed E-state index contributed by atoms with van der Waals surface area (Å²) in [4.78, 5) is 15.4. The van der Waals surface area contributed by atoms with Crippen molar-refractivity contribution in [3.8, 4) is 0 Å². The normalized spacial score (nSPS) is 10.2. The summed E-state index contributed by atoms with van der Waals surface area (Å²) in [6.45, 7) is 1.51. The topological polar surface area (TPSA) is 50.4 Å². The number of benzene rings is 1. The molecule has 1 aromatic carbocycles. The molecule has 0 aromatic heterocycles. The number of carbonyl (C=O) groups excluding carboxylic acids is 1. The Bertz CT molecular complexity index is 438. The number of hydrogen-bond donors (Lipinski definition) is 2. The van der Waals surface area contributed by atoms with E-state index in [1.165, 1.54) is 14.0 Å². The fraction of sp³-hybridized carbons (Fsp3) is 0.300. The molecule has 0 aliphatic rings. The molecule has 0 aliphatic heterocycles. The fourth-order valence-corrected chi connectivity index (χ4v) is 1.34. The summed E-state index contributed by atoms with van der Waals surface area (Å²) in [6.07, 6.45) is 0.0309. The summed E-state index contributed by atoms with van der Waals surface area (Å²) in [6, 6.07) is -0.510. The van der Waals surface area contributed by atoms with Gasteiger partial charge in [0.2, 0.25) is 0 Å². The minimum atomic E-state index is -1.29. The van der Waals surface area contributed by atoms with Crippen molar-refractivity contribution in [1.29, 1.82) is 0 Å². The highest BCUT2D eigenvalue weighted by Gasteiger charge is 2.19. The van der Waals surface area contributed by atoms with Crippen LogP contribution in [0.3, 0.4) is 0 Å². The van der Waals surface area contributed by atoms with Gasteiger partial charge in [-0.05, 0) is 6.42 Å². The lowest BCUT2D eigenvalue weighted by Crippen LogP contribution is -2.28. The highest BCUT2D eigenvalue weighted by Crippen LogP contribution is 2.25. The maximum atomic E-state index is 13.4. The molecule has 0 fully saturated rings. The number of urea groups is 1. The monoisotopic (exact) mass is 248 g/mol. The lowest BCUT2D eigenvalue weighted by molar-refractivity contribution is 0.114. The molecule has 7 heteroatoms. The first-order valence-corrected chi connectivity index (χ1v) is 4.77. The molecule has 0 saturated heterocycles. The van der Waals surface area contributed by atoms with Crippen molar-refractivity contribution < 1.29 is 22.8 Å². The second-order valence-corrected chi connectivity index (χ2v) is 3.12. The van der Waals surface area contributed by atoms with Crippen molar-refractivity contribution in [3.05, 3.63) is 29.1 Å². The quantitative estimate of drug-likeness (QED) is 0.637. The molecule has 94 valence electrons. The van der Waals surface area contributed by atoms with Crippen molar-refractivity contribution in [2.24, 2.45) is 0 Å². The van der Waals surface area contributed by atoms with Crippen LogP contribution in [0.15, 0.2) is 6.07 Å². The summed E-state index contributed by atoms with van der Waals surface area (Å²) in [5.41, 5.74) is 1.23. The average Bonchev–Trinajstić information content (AvgIpc) is 2.27. The van der Waals surface area contributed by atoms with Crippen molar-refractivity contribution in [2.75, 3.05) is 12.4 Å². The Labute approximate surface area is 95.7 Å². The van der Waals surface area contributed by atoms with Crippen LogP contribution in [0, 0.1) is 17.5 Å². The Morgan fingerprint density at radius 2 is 2.00 bits per heavy atom. The first-order chi connectivity index (χ1) is 8.01. The summed E-state index contributed by atoms with van der Waals surface area (Å²) in [7, 11) is 1.18. The lowest BCUT2D eigenvalue weighted by atomic mass is 10.1. The van der Waals surface area contributed by atoms with Gasteiger partial charge in [-0.1, -0.05) is 6.92 Å². The van der Waals surface area contributed by atoms with Gasteiger partial charge in [-0.3, -0.25) is 4.84 Å². The summed E-state index contributed by atoms with van der Waals surface area (Å²) in [5, 5.41) is 2.04. The molecule has 0 spiro atoms. The van der Waals surface area contributed by atoms with Gasteiger partial charge in [-0.2, -0.15) is 0 Å². The van der Waals surface area contributed by atoms with Crippen molar-refractivity contribution in [1.82, 2.24) is 5.48 Å². The zero-order chi connectivity index (χ0) is 13.0. The van der Waals surface area contributed by atoms with E-state index in [-0.39, 0.29) is 12.0 Å². The van der Waals surface area contributed by atoms with Crippen LogP contribution < -0.4 is 10.8 Å². The van der Waals surface area contributed by atoms with Crippen molar-refractivity contribution in [2.45, 2.75) is 13.3 Å². The van der Waals surface area contributed by atoms with Gasteiger partial charge in [0.05, 0.1) is 12.8 Å². The molecular formula is C10H11F3N2O2. The van der Waals surface area contributed by atoms with E-state index in [1.54, 1.807) is 0 Å². The maximum absolute atomic E-state index is 13.4. The molecule has 0 atom stereocenters. The molecule has 0 bridgehead atoms. The van der Waals surface area contributed by atoms with Crippen LogP contribution in [0.2, 0.25) is 0 Å². The minimum absolute atomic E-state index is 0.0309. The highest BCUT2D eigenvalue weighted by atomic mass is 19.2. The third-order valence-electron chi connectivity index (χ3n) is 2.06. The Morgan fingerprint density at radius 1 is 1.35 bits per heavy atom. The predicted octanol–water partition coefficient (Wildman–Crippen LogP) is 2.35. The van der Waals surface area contributed by atoms with Crippen molar-refractivity contribution in [3.63, 3.8) is 0 Å². The standard InChI is InChI=1S/C10H11F3N2O2/c1-3-5-8(13)6(11)4-7(12)9(5)14-10(16)15-17-2/h4H,3H2,1-2H3,(H2,14,15,16). The van der Waals surface area contributed by atoms with E-state index in [0.717, 1.165) is 0 Å². The molecule has 0 saturated carbocycles. The Kier molecular flexibility index (Phi) is 4.33. The summed E-state index contributed by atoms with van der Waals surface area (Å²) < 4.78 is 39.6. The van der Waals surface area contributed by atoms with E-state index in [0.29, 0.717) is 6.07 Å². The third kappa shape index (κ3) is 2.88. The van der Waals surface area contributed by atoms with E-state index in [1.807, 2.05) is 10.8 Å². The molecule has 1 aromatic rings. The number of anilines is 1. The highest BCUT2D eigenvalue weighted by molar-refractivity contribution is 5.89. The molecule has 0 heterocycles. The SMILES string of the molecule is CCc1c(F)c(F)cc(F)c1NC(=O)NOC. The van der Waals surface area contributed by atoms with Gasteiger partial charge >= 0.3 is 6.03 Å². The number of halogens is 3. The molecule has 0 aliphatic carbocycles. The van der Waals surface area contributed by atoms with Crippen LogP contribution in [0.25, 0.3) is 0 Å². The molecular weight excluding hydrogens is 237 g/mol.